The zero-order chi connectivity index (χ0) is 44.0. The van der Waals surface area contributed by atoms with Crippen molar-refractivity contribution in [3.63, 3.8) is 0 Å². The lowest BCUT2D eigenvalue weighted by Gasteiger charge is -2.24. The Labute approximate surface area is 355 Å². The highest BCUT2D eigenvalue weighted by atomic mass is 16.2. The maximum atomic E-state index is 12.2. The van der Waals surface area contributed by atoms with E-state index in [0.717, 1.165) is 61.7 Å². The summed E-state index contributed by atoms with van der Waals surface area (Å²) in [6, 6.07) is -0.294. The molecule has 3 aliphatic heterocycles. The van der Waals surface area contributed by atoms with Crippen molar-refractivity contribution in [2.45, 2.75) is 151 Å². The van der Waals surface area contributed by atoms with E-state index >= 15 is 0 Å². The molecule has 3 fully saturated rings. The average molecular weight is 842 g/mol. The van der Waals surface area contributed by atoms with Crippen LogP contribution in [0.1, 0.15) is 156 Å². The number of imidazole rings is 2. The van der Waals surface area contributed by atoms with Gasteiger partial charge in [0, 0.05) is 69.7 Å². The predicted octanol–water partition coefficient (Wildman–Crippen LogP) is 3.11. The van der Waals surface area contributed by atoms with Crippen LogP contribution in [-0.2, 0) is 39.0 Å². The monoisotopic (exact) mass is 842 g/mol. The Morgan fingerprint density at radius 3 is 1.60 bits per heavy atom. The molecule has 60 heavy (non-hydrogen) atoms. The molecular weight excluding hydrogens is 771 g/mol. The molecule has 5 rings (SSSR count). The lowest BCUT2D eigenvalue weighted by atomic mass is 9.93. The number of hydrogen-bond acceptors (Lipinski definition) is 9. The summed E-state index contributed by atoms with van der Waals surface area (Å²) in [5.41, 5.74) is 2.07. The Kier molecular flexibility index (Phi) is 19.9. The van der Waals surface area contributed by atoms with Gasteiger partial charge in [-0.15, -0.1) is 0 Å². The number of nitrogens with one attached hydrogen (secondary N) is 6. The topological polar surface area (TPSA) is 235 Å². The summed E-state index contributed by atoms with van der Waals surface area (Å²) in [4.78, 5) is 101. The van der Waals surface area contributed by atoms with Crippen molar-refractivity contribution in [1.82, 2.24) is 55.9 Å². The van der Waals surface area contributed by atoms with Gasteiger partial charge in [-0.3, -0.25) is 33.6 Å². The number of amides is 7. The zero-order valence-electron chi connectivity index (χ0n) is 36.6. The molecule has 2 aromatic heterocycles. The standard InChI is InChI=1S/C15H24N4O2.C14H22N4O2.C12H21N3O3.CH4/c1-10(20)16-9-13(21)19-7-5-6-11(19)14-17-8-12(18-14)15(2,3)4;1-9(2)14-16-7-11(17-14)12-5-4-6-18(12)13(20)8-15-10(3)19;1-8(2)14-12(18)10-5-4-6-15(10)11(17)7-13-9(3)16;/h8,11H,5-7,9H2,1-4H3,(H,16,20)(H,17,18);7,9,12H,4-6,8H2,1-3H3,(H,15,19)(H,16,17);8,10H,4-7H2,1-3H3,(H,13,16)(H,14,18);1H4. The Morgan fingerprint density at radius 2 is 1.15 bits per heavy atom. The average Bonchev–Trinajstić information content (AvgIpc) is 3.99. The maximum absolute atomic E-state index is 12.2. The van der Waals surface area contributed by atoms with Gasteiger partial charge >= 0.3 is 0 Å². The fraction of sp³-hybridized carbons (Fsp3) is 0.690. The van der Waals surface area contributed by atoms with E-state index < -0.39 is 6.04 Å². The maximum Gasteiger partial charge on any atom is 0.243 e. The van der Waals surface area contributed by atoms with Crippen molar-refractivity contribution in [3.8, 4) is 0 Å². The van der Waals surface area contributed by atoms with Gasteiger partial charge in [-0.05, 0) is 52.4 Å². The molecule has 0 saturated carbocycles. The first-order chi connectivity index (χ1) is 27.7. The van der Waals surface area contributed by atoms with Crippen LogP contribution in [0.4, 0.5) is 0 Å². The van der Waals surface area contributed by atoms with Crippen LogP contribution in [0.15, 0.2) is 12.4 Å². The van der Waals surface area contributed by atoms with Crippen LogP contribution >= 0.6 is 0 Å². The Morgan fingerprint density at radius 1 is 0.683 bits per heavy atom. The van der Waals surface area contributed by atoms with E-state index in [1.54, 1.807) is 9.80 Å². The van der Waals surface area contributed by atoms with Gasteiger partial charge in [-0.25, -0.2) is 9.97 Å². The first-order valence-electron chi connectivity index (χ1n) is 20.7. The molecule has 18 nitrogen and oxygen atoms in total. The summed E-state index contributed by atoms with van der Waals surface area (Å²) < 4.78 is 0. The molecule has 7 amide bonds. The molecule has 0 spiro atoms. The van der Waals surface area contributed by atoms with Gasteiger partial charge in [0.25, 0.3) is 0 Å². The number of hydrogen-bond donors (Lipinski definition) is 6. The molecule has 2 aromatic rings. The number of carbonyl (C=O) groups excluding carboxylic acids is 7. The summed E-state index contributed by atoms with van der Waals surface area (Å²) in [6.07, 6.45) is 8.96. The number of H-pyrrole nitrogens is 2. The van der Waals surface area contributed by atoms with Crippen molar-refractivity contribution >= 4 is 41.4 Å². The third-order valence-electron chi connectivity index (χ3n) is 10.2. The minimum Gasteiger partial charge on any atom is -0.352 e. The summed E-state index contributed by atoms with van der Waals surface area (Å²) in [5, 5.41) is 10.4. The number of carbonyl (C=O) groups is 7. The summed E-state index contributed by atoms with van der Waals surface area (Å²) in [5.74, 6) is 1.11. The summed E-state index contributed by atoms with van der Waals surface area (Å²) in [7, 11) is 0. The highest BCUT2D eigenvalue weighted by Gasteiger charge is 2.35. The molecule has 5 heterocycles. The molecule has 3 unspecified atom stereocenters. The molecule has 3 saturated heterocycles. The minimum atomic E-state index is -0.395. The van der Waals surface area contributed by atoms with Gasteiger partial charge in [0.05, 0.1) is 43.6 Å². The van der Waals surface area contributed by atoms with E-state index in [0.29, 0.717) is 25.4 Å². The van der Waals surface area contributed by atoms with E-state index in [1.165, 1.54) is 20.8 Å². The summed E-state index contributed by atoms with van der Waals surface area (Å²) in [6.45, 7) is 20.6. The number of likely N-dealkylation sites (tertiary alicyclic amines) is 3. The molecule has 3 atom stereocenters. The van der Waals surface area contributed by atoms with E-state index in [1.807, 2.05) is 31.1 Å². The first kappa shape index (κ1) is 50.9. The highest BCUT2D eigenvalue weighted by molar-refractivity contribution is 5.90. The van der Waals surface area contributed by atoms with Crippen LogP contribution in [0.5, 0.6) is 0 Å². The van der Waals surface area contributed by atoms with Gasteiger partial charge in [0.1, 0.15) is 17.7 Å². The lowest BCUT2D eigenvalue weighted by molar-refractivity contribution is -0.138. The third-order valence-corrected chi connectivity index (χ3v) is 10.2. The minimum absolute atomic E-state index is 0. The summed E-state index contributed by atoms with van der Waals surface area (Å²) >= 11 is 0. The van der Waals surface area contributed by atoms with E-state index in [9.17, 15) is 33.6 Å². The molecule has 18 heteroatoms. The van der Waals surface area contributed by atoms with Crippen LogP contribution in [0, 0.1) is 0 Å². The van der Waals surface area contributed by atoms with Crippen LogP contribution in [0.3, 0.4) is 0 Å². The van der Waals surface area contributed by atoms with Gasteiger partial charge < -0.3 is 45.9 Å². The fourth-order valence-corrected chi connectivity index (χ4v) is 7.06. The molecule has 0 bridgehead atoms. The second-order valence-corrected chi connectivity index (χ2v) is 16.9. The van der Waals surface area contributed by atoms with E-state index in [4.69, 9.17) is 0 Å². The van der Waals surface area contributed by atoms with E-state index in [-0.39, 0.29) is 92.0 Å². The largest absolute Gasteiger partial charge is 0.352 e. The zero-order valence-corrected chi connectivity index (χ0v) is 36.6. The van der Waals surface area contributed by atoms with Crippen molar-refractivity contribution in [1.29, 1.82) is 0 Å². The van der Waals surface area contributed by atoms with Gasteiger partial charge in [0.15, 0.2) is 0 Å². The quantitative estimate of drug-likeness (QED) is 0.195. The van der Waals surface area contributed by atoms with E-state index in [2.05, 4.69) is 75.8 Å². The van der Waals surface area contributed by atoms with Gasteiger partial charge in [0.2, 0.25) is 41.4 Å². The van der Waals surface area contributed by atoms with Crippen molar-refractivity contribution < 1.29 is 33.6 Å². The predicted molar refractivity (Wildman–Crippen MR) is 228 cm³/mol. The lowest BCUT2D eigenvalue weighted by Crippen LogP contribution is -2.50. The smallest absolute Gasteiger partial charge is 0.243 e. The number of nitrogens with zero attached hydrogens (tertiary/aromatic N) is 5. The van der Waals surface area contributed by atoms with Gasteiger partial charge in [-0.2, -0.15) is 0 Å². The fourth-order valence-electron chi connectivity index (χ4n) is 7.06. The van der Waals surface area contributed by atoms with Crippen LogP contribution in [0.2, 0.25) is 0 Å². The molecule has 336 valence electrons. The molecule has 3 aliphatic rings. The van der Waals surface area contributed by atoms with Crippen molar-refractivity contribution in [2.24, 2.45) is 0 Å². The van der Waals surface area contributed by atoms with Crippen LogP contribution in [-0.4, -0.2) is 127 Å². The SMILES string of the molecule is C.CC(=O)NCC(=O)N1CCCC1C(=O)NC(C)C.CC(=O)NCC(=O)N1CCCC1c1cnc(C(C)C)[nH]1.CC(=O)NCC(=O)N1CCCC1c1ncc(C(C)(C)C)[nH]1. The van der Waals surface area contributed by atoms with Crippen molar-refractivity contribution in [3.05, 3.63) is 35.4 Å². The number of aromatic nitrogens is 4. The second kappa shape index (κ2) is 23.5. The highest BCUT2D eigenvalue weighted by Crippen LogP contribution is 2.33. The Balaban J connectivity index is 0.000000309. The Bertz CT molecular complexity index is 1760. The molecule has 0 aliphatic carbocycles. The normalized spacial score (nSPS) is 18.5. The van der Waals surface area contributed by atoms with Crippen LogP contribution < -0.4 is 21.3 Å². The molecule has 0 radical (unpaired) electrons. The Hall–Kier alpha value is -5.29. The second-order valence-electron chi connectivity index (χ2n) is 16.9. The third kappa shape index (κ3) is 15.4. The van der Waals surface area contributed by atoms with Crippen molar-refractivity contribution in [2.75, 3.05) is 39.3 Å². The van der Waals surface area contributed by atoms with Gasteiger partial charge in [-0.1, -0.05) is 42.0 Å². The molecule has 6 N–H and O–H groups in total. The molecule has 0 aromatic carbocycles. The van der Waals surface area contributed by atoms with Crippen LogP contribution in [0.25, 0.3) is 0 Å². The number of aromatic amines is 2. The molecular formula is C42H71N11O7. The number of rotatable bonds is 11. The first-order valence-corrected chi connectivity index (χ1v) is 20.7.